The van der Waals surface area contributed by atoms with Crippen molar-refractivity contribution in [1.29, 1.82) is 0 Å². The summed E-state index contributed by atoms with van der Waals surface area (Å²) in [4.78, 5) is 11.7. The van der Waals surface area contributed by atoms with Gasteiger partial charge in [-0.15, -0.1) is 0 Å². The van der Waals surface area contributed by atoms with E-state index in [1.54, 1.807) is 12.1 Å². The van der Waals surface area contributed by atoms with Crippen LogP contribution in [0.3, 0.4) is 0 Å². The number of hydrogen-bond donors (Lipinski definition) is 2. The van der Waals surface area contributed by atoms with Crippen LogP contribution in [0.4, 0.5) is 15.8 Å². The van der Waals surface area contributed by atoms with Crippen molar-refractivity contribution in [3.8, 4) is 5.75 Å². The Balaban J connectivity index is 1.78. The van der Waals surface area contributed by atoms with Crippen molar-refractivity contribution in [3.05, 3.63) is 54.3 Å². The van der Waals surface area contributed by atoms with Gasteiger partial charge in [0.1, 0.15) is 11.6 Å². The number of halogens is 1. The summed E-state index contributed by atoms with van der Waals surface area (Å²) in [6.07, 6.45) is 0.186. The lowest BCUT2D eigenvalue weighted by molar-refractivity contribution is -0.116. The molecule has 0 bridgehead atoms. The predicted octanol–water partition coefficient (Wildman–Crippen LogP) is 2.82. The number of hydrogen-bond acceptors (Lipinski definition) is 3. The second-order valence-corrected chi connectivity index (χ2v) is 4.19. The number of nitrogen functional groups attached to an aromatic ring is 1. The average Bonchev–Trinajstić information content (AvgIpc) is 2.43. The molecule has 0 atom stereocenters. The van der Waals surface area contributed by atoms with E-state index in [0.717, 1.165) is 0 Å². The maximum atomic E-state index is 12.7. The molecule has 104 valence electrons. The number of ether oxygens (including phenoxy) is 1. The molecule has 0 aliphatic carbocycles. The molecule has 0 unspecified atom stereocenters. The molecule has 2 aromatic carbocycles. The molecule has 0 radical (unpaired) electrons. The number of carbonyl (C=O) groups is 1. The summed E-state index contributed by atoms with van der Waals surface area (Å²) in [5.74, 6) is 0.0130. The third-order valence-electron chi connectivity index (χ3n) is 2.63. The van der Waals surface area contributed by atoms with Gasteiger partial charge in [-0.1, -0.05) is 12.1 Å². The Morgan fingerprint density at radius 3 is 2.55 bits per heavy atom. The number of para-hydroxylation sites is 2. The number of benzene rings is 2. The van der Waals surface area contributed by atoms with Gasteiger partial charge in [-0.25, -0.2) is 4.39 Å². The Morgan fingerprint density at radius 2 is 1.85 bits per heavy atom. The van der Waals surface area contributed by atoms with Crippen LogP contribution in [0.25, 0.3) is 0 Å². The second-order valence-electron chi connectivity index (χ2n) is 4.19. The largest absolute Gasteiger partial charge is 0.491 e. The van der Waals surface area contributed by atoms with Gasteiger partial charge in [0.15, 0.2) is 0 Å². The highest BCUT2D eigenvalue weighted by atomic mass is 19.1. The van der Waals surface area contributed by atoms with Crippen molar-refractivity contribution in [1.82, 2.24) is 0 Å². The third-order valence-corrected chi connectivity index (χ3v) is 2.63. The first-order valence-corrected chi connectivity index (χ1v) is 6.18. The van der Waals surface area contributed by atoms with E-state index in [1.807, 2.05) is 12.1 Å². The maximum absolute atomic E-state index is 12.7. The van der Waals surface area contributed by atoms with Crippen molar-refractivity contribution in [3.63, 3.8) is 0 Å². The van der Waals surface area contributed by atoms with E-state index >= 15 is 0 Å². The van der Waals surface area contributed by atoms with Gasteiger partial charge in [-0.05, 0) is 36.4 Å². The highest BCUT2D eigenvalue weighted by Gasteiger charge is 2.04. The maximum Gasteiger partial charge on any atom is 0.227 e. The van der Waals surface area contributed by atoms with Crippen LogP contribution >= 0.6 is 0 Å². The lowest BCUT2D eigenvalue weighted by Gasteiger charge is -2.09. The number of nitrogens with one attached hydrogen (secondary N) is 1. The van der Waals surface area contributed by atoms with E-state index < -0.39 is 0 Å². The molecule has 0 saturated carbocycles. The molecule has 0 fully saturated rings. The summed E-state index contributed by atoms with van der Waals surface area (Å²) < 4.78 is 18.1. The van der Waals surface area contributed by atoms with Gasteiger partial charge >= 0.3 is 0 Å². The standard InChI is InChI=1S/C15H15FN2O2/c16-11-5-7-12(8-6-11)18-15(19)9-10-20-14-4-2-1-3-13(14)17/h1-8H,9-10,17H2,(H,18,19). The number of carbonyl (C=O) groups excluding carboxylic acids is 1. The predicted molar refractivity (Wildman–Crippen MR) is 76.0 cm³/mol. The van der Waals surface area contributed by atoms with Gasteiger partial charge in [0.05, 0.1) is 18.7 Å². The quantitative estimate of drug-likeness (QED) is 0.824. The van der Waals surface area contributed by atoms with Crippen molar-refractivity contribution >= 4 is 17.3 Å². The molecule has 3 N–H and O–H groups in total. The average molecular weight is 274 g/mol. The SMILES string of the molecule is Nc1ccccc1OCCC(=O)Nc1ccc(F)cc1. The normalized spacial score (nSPS) is 10.1. The van der Waals surface area contributed by atoms with Crippen LogP contribution in [0.1, 0.15) is 6.42 Å². The van der Waals surface area contributed by atoms with Crippen molar-refractivity contribution < 1.29 is 13.9 Å². The fourth-order valence-corrected chi connectivity index (χ4v) is 1.62. The van der Waals surface area contributed by atoms with Gasteiger partial charge in [0, 0.05) is 5.69 Å². The Bertz CT molecular complexity index is 585. The van der Waals surface area contributed by atoms with E-state index in [9.17, 15) is 9.18 Å². The molecule has 0 saturated heterocycles. The molecule has 0 aliphatic rings. The van der Waals surface area contributed by atoms with Crippen LogP contribution in [0.5, 0.6) is 5.75 Å². The molecule has 1 amide bonds. The van der Waals surface area contributed by atoms with Crippen LogP contribution in [0.15, 0.2) is 48.5 Å². The molecular formula is C15H15FN2O2. The molecule has 5 heteroatoms. The first-order chi connectivity index (χ1) is 9.65. The zero-order chi connectivity index (χ0) is 14.4. The highest BCUT2D eigenvalue weighted by molar-refractivity contribution is 5.90. The first kappa shape index (κ1) is 13.9. The monoisotopic (exact) mass is 274 g/mol. The minimum absolute atomic E-state index is 0.186. The molecule has 2 aromatic rings. The lowest BCUT2D eigenvalue weighted by Crippen LogP contribution is -2.15. The first-order valence-electron chi connectivity index (χ1n) is 6.18. The molecule has 0 aliphatic heterocycles. The number of nitrogens with two attached hydrogens (primary N) is 1. The molecule has 0 spiro atoms. The highest BCUT2D eigenvalue weighted by Crippen LogP contribution is 2.19. The van der Waals surface area contributed by atoms with Gasteiger partial charge in [-0.2, -0.15) is 0 Å². The number of rotatable bonds is 5. The number of anilines is 2. The van der Waals surface area contributed by atoms with Crippen LogP contribution in [-0.4, -0.2) is 12.5 Å². The summed E-state index contributed by atoms with van der Waals surface area (Å²) >= 11 is 0. The Hall–Kier alpha value is -2.56. The molecule has 4 nitrogen and oxygen atoms in total. The fourth-order valence-electron chi connectivity index (χ4n) is 1.62. The van der Waals surface area contributed by atoms with Crippen LogP contribution in [0.2, 0.25) is 0 Å². The van der Waals surface area contributed by atoms with E-state index in [1.165, 1.54) is 24.3 Å². The molecule has 0 aromatic heterocycles. The van der Waals surface area contributed by atoms with E-state index in [0.29, 0.717) is 17.1 Å². The lowest BCUT2D eigenvalue weighted by atomic mass is 10.3. The summed E-state index contributed by atoms with van der Waals surface area (Å²) in [5, 5.41) is 2.65. The van der Waals surface area contributed by atoms with Gasteiger partial charge < -0.3 is 15.8 Å². The Labute approximate surface area is 116 Å². The van der Waals surface area contributed by atoms with Crippen molar-refractivity contribution in [2.45, 2.75) is 6.42 Å². The molecular weight excluding hydrogens is 259 g/mol. The van der Waals surface area contributed by atoms with Crippen LogP contribution in [-0.2, 0) is 4.79 Å². The van der Waals surface area contributed by atoms with E-state index in [4.69, 9.17) is 10.5 Å². The smallest absolute Gasteiger partial charge is 0.227 e. The minimum atomic E-state index is -0.342. The second kappa shape index (κ2) is 6.56. The minimum Gasteiger partial charge on any atom is -0.491 e. The zero-order valence-corrected chi connectivity index (χ0v) is 10.8. The topological polar surface area (TPSA) is 64.3 Å². The van der Waals surface area contributed by atoms with Crippen LogP contribution in [0, 0.1) is 5.82 Å². The molecule has 2 rings (SSSR count). The van der Waals surface area contributed by atoms with E-state index in [-0.39, 0.29) is 24.8 Å². The van der Waals surface area contributed by atoms with Crippen molar-refractivity contribution in [2.24, 2.45) is 0 Å². The molecule has 20 heavy (non-hydrogen) atoms. The Morgan fingerprint density at radius 1 is 1.15 bits per heavy atom. The van der Waals surface area contributed by atoms with Crippen LogP contribution < -0.4 is 15.8 Å². The number of amides is 1. The summed E-state index contributed by atoms with van der Waals surface area (Å²) in [6.45, 7) is 0.223. The molecule has 0 heterocycles. The van der Waals surface area contributed by atoms with Gasteiger partial charge in [-0.3, -0.25) is 4.79 Å². The fraction of sp³-hybridized carbons (Fsp3) is 0.133. The third kappa shape index (κ3) is 3.98. The summed E-state index contributed by atoms with van der Waals surface area (Å²) in [6, 6.07) is 12.7. The Kier molecular flexibility index (Phi) is 4.55. The zero-order valence-electron chi connectivity index (χ0n) is 10.8. The van der Waals surface area contributed by atoms with Gasteiger partial charge in [0.2, 0.25) is 5.91 Å². The van der Waals surface area contributed by atoms with Gasteiger partial charge in [0.25, 0.3) is 0 Å². The van der Waals surface area contributed by atoms with Crippen molar-refractivity contribution in [2.75, 3.05) is 17.7 Å². The van der Waals surface area contributed by atoms with E-state index in [2.05, 4.69) is 5.32 Å². The summed E-state index contributed by atoms with van der Waals surface area (Å²) in [5.41, 5.74) is 6.80. The summed E-state index contributed by atoms with van der Waals surface area (Å²) in [7, 11) is 0.